The Labute approximate surface area is 168 Å². The summed E-state index contributed by atoms with van der Waals surface area (Å²) in [5.74, 6) is 1.82. The van der Waals surface area contributed by atoms with Crippen molar-refractivity contribution in [3.63, 3.8) is 0 Å². The molecule has 0 amide bonds. The molecule has 28 heavy (non-hydrogen) atoms. The number of imidazole rings is 1. The highest BCUT2D eigenvalue weighted by Gasteiger charge is 2.22. The van der Waals surface area contributed by atoms with Gasteiger partial charge in [-0.3, -0.25) is 0 Å². The number of nitrogens with zero attached hydrogens (tertiary/aromatic N) is 4. The molecule has 1 fully saturated rings. The number of thioether (sulfide) groups is 1. The van der Waals surface area contributed by atoms with Crippen molar-refractivity contribution < 1.29 is 4.42 Å². The molecule has 5 rings (SSSR count). The van der Waals surface area contributed by atoms with Crippen molar-refractivity contribution in [2.75, 3.05) is 0 Å². The zero-order valence-corrected chi connectivity index (χ0v) is 16.4. The Balaban J connectivity index is 1.40. The summed E-state index contributed by atoms with van der Waals surface area (Å²) in [6, 6.07) is 18.8. The highest BCUT2D eigenvalue weighted by Crippen LogP contribution is 2.36. The van der Waals surface area contributed by atoms with Crippen LogP contribution in [0.2, 0.25) is 0 Å². The molecule has 0 aliphatic heterocycles. The SMILES string of the molecule is c1ccc(-c2nnc(CSc3nc4ccccc4n3C3CCCCC3)o2)cc1. The minimum atomic E-state index is 0.534. The Bertz CT molecular complexity index is 1070. The number of hydrogen-bond acceptors (Lipinski definition) is 5. The van der Waals surface area contributed by atoms with Crippen LogP contribution < -0.4 is 0 Å². The van der Waals surface area contributed by atoms with Crippen molar-refractivity contribution in [2.45, 2.75) is 49.1 Å². The van der Waals surface area contributed by atoms with Crippen molar-refractivity contribution in [3.8, 4) is 11.5 Å². The third-order valence-electron chi connectivity index (χ3n) is 5.32. The van der Waals surface area contributed by atoms with Gasteiger partial charge in [-0.05, 0) is 37.1 Å². The molecule has 4 aromatic rings. The van der Waals surface area contributed by atoms with Crippen molar-refractivity contribution in [3.05, 3.63) is 60.5 Å². The summed E-state index contributed by atoms with van der Waals surface area (Å²) in [6.45, 7) is 0. The summed E-state index contributed by atoms with van der Waals surface area (Å²) in [5, 5.41) is 9.47. The zero-order chi connectivity index (χ0) is 18.8. The average Bonchev–Trinajstić information content (AvgIpc) is 3.38. The third-order valence-corrected chi connectivity index (χ3v) is 6.25. The fourth-order valence-corrected chi connectivity index (χ4v) is 4.87. The fourth-order valence-electron chi connectivity index (χ4n) is 3.95. The Morgan fingerprint density at radius 3 is 2.57 bits per heavy atom. The van der Waals surface area contributed by atoms with E-state index in [1.165, 1.54) is 37.6 Å². The van der Waals surface area contributed by atoms with Gasteiger partial charge in [0.1, 0.15) is 0 Å². The van der Waals surface area contributed by atoms with Crippen LogP contribution in [0.25, 0.3) is 22.5 Å². The van der Waals surface area contributed by atoms with Crippen LogP contribution >= 0.6 is 11.8 Å². The first-order valence-electron chi connectivity index (χ1n) is 9.86. The molecule has 0 radical (unpaired) electrons. The van der Waals surface area contributed by atoms with Crippen LogP contribution in [0.3, 0.4) is 0 Å². The van der Waals surface area contributed by atoms with E-state index in [0.717, 1.165) is 16.2 Å². The lowest BCUT2D eigenvalue weighted by molar-refractivity contribution is 0.343. The molecule has 1 aliphatic carbocycles. The predicted molar refractivity (Wildman–Crippen MR) is 111 cm³/mol. The Morgan fingerprint density at radius 2 is 1.71 bits per heavy atom. The maximum absolute atomic E-state index is 5.87. The van der Waals surface area contributed by atoms with Gasteiger partial charge in [0.2, 0.25) is 11.8 Å². The highest BCUT2D eigenvalue weighted by atomic mass is 32.2. The van der Waals surface area contributed by atoms with Crippen LogP contribution in [0, 0.1) is 0 Å². The van der Waals surface area contributed by atoms with Crippen molar-refractivity contribution in [1.29, 1.82) is 0 Å². The van der Waals surface area contributed by atoms with E-state index in [1.54, 1.807) is 11.8 Å². The fraction of sp³-hybridized carbons (Fsp3) is 0.318. The second-order valence-electron chi connectivity index (χ2n) is 7.20. The van der Waals surface area contributed by atoms with Crippen LogP contribution in [0.15, 0.2) is 64.2 Å². The minimum Gasteiger partial charge on any atom is -0.420 e. The Morgan fingerprint density at radius 1 is 0.929 bits per heavy atom. The van der Waals surface area contributed by atoms with Gasteiger partial charge >= 0.3 is 0 Å². The van der Waals surface area contributed by atoms with Crippen LogP contribution in [0.1, 0.15) is 44.0 Å². The normalized spacial score (nSPS) is 15.3. The average molecular weight is 391 g/mol. The van der Waals surface area contributed by atoms with Gasteiger partial charge in [-0.15, -0.1) is 10.2 Å². The number of benzene rings is 2. The third kappa shape index (κ3) is 3.44. The summed E-state index contributed by atoms with van der Waals surface area (Å²) in [4.78, 5) is 4.90. The molecule has 2 aromatic carbocycles. The van der Waals surface area contributed by atoms with Gasteiger partial charge in [0.15, 0.2) is 5.16 Å². The summed E-state index contributed by atoms with van der Waals surface area (Å²) in [5.41, 5.74) is 3.24. The monoisotopic (exact) mass is 390 g/mol. The van der Waals surface area contributed by atoms with Crippen molar-refractivity contribution in [2.24, 2.45) is 0 Å². The molecule has 6 heteroatoms. The molecule has 0 N–H and O–H groups in total. The van der Waals surface area contributed by atoms with Gasteiger partial charge in [0.25, 0.3) is 0 Å². The lowest BCUT2D eigenvalue weighted by Gasteiger charge is -2.25. The second kappa shape index (κ2) is 7.80. The van der Waals surface area contributed by atoms with Crippen LogP contribution in [-0.4, -0.2) is 19.7 Å². The summed E-state index contributed by atoms with van der Waals surface area (Å²) in [7, 11) is 0. The van der Waals surface area contributed by atoms with Gasteiger partial charge in [-0.25, -0.2) is 4.98 Å². The smallest absolute Gasteiger partial charge is 0.247 e. The topological polar surface area (TPSA) is 56.7 Å². The number of aromatic nitrogens is 4. The maximum atomic E-state index is 5.87. The maximum Gasteiger partial charge on any atom is 0.247 e. The molecule has 1 aliphatic rings. The van der Waals surface area contributed by atoms with E-state index >= 15 is 0 Å². The Kier molecular flexibility index (Phi) is 4.87. The number of hydrogen-bond donors (Lipinski definition) is 0. The Hall–Kier alpha value is -2.60. The van der Waals surface area contributed by atoms with E-state index < -0.39 is 0 Å². The van der Waals surface area contributed by atoms with E-state index in [4.69, 9.17) is 9.40 Å². The van der Waals surface area contributed by atoms with E-state index in [9.17, 15) is 0 Å². The van der Waals surface area contributed by atoms with Crippen LogP contribution in [-0.2, 0) is 5.75 Å². The molecule has 142 valence electrons. The zero-order valence-electron chi connectivity index (χ0n) is 15.6. The minimum absolute atomic E-state index is 0.534. The molecule has 0 bridgehead atoms. The molecule has 0 spiro atoms. The molecule has 0 saturated heterocycles. The van der Waals surface area contributed by atoms with E-state index in [1.807, 2.05) is 30.3 Å². The van der Waals surface area contributed by atoms with Gasteiger partial charge in [0.05, 0.1) is 16.8 Å². The first kappa shape index (κ1) is 17.5. The summed E-state index contributed by atoms with van der Waals surface area (Å²) >= 11 is 1.68. The van der Waals surface area contributed by atoms with Crippen LogP contribution in [0.4, 0.5) is 0 Å². The second-order valence-corrected chi connectivity index (χ2v) is 8.14. The van der Waals surface area contributed by atoms with Gasteiger partial charge in [-0.1, -0.05) is 61.4 Å². The molecule has 2 heterocycles. The molecular weight excluding hydrogens is 368 g/mol. The number of rotatable bonds is 5. The molecule has 0 unspecified atom stereocenters. The van der Waals surface area contributed by atoms with E-state index in [-0.39, 0.29) is 0 Å². The quantitative estimate of drug-likeness (QED) is 0.398. The largest absolute Gasteiger partial charge is 0.420 e. The van der Waals surface area contributed by atoms with E-state index in [0.29, 0.717) is 23.6 Å². The number of fused-ring (bicyclic) bond motifs is 1. The van der Waals surface area contributed by atoms with Crippen LogP contribution in [0.5, 0.6) is 0 Å². The lowest BCUT2D eigenvalue weighted by Crippen LogP contribution is -2.13. The molecule has 0 atom stereocenters. The molecular formula is C22H22N4OS. The van der Waals surface area contributed by atoms with E-state index in [2.05, 4.69) is 39.0 Å². The molecule has 1 saturated carbocycles. The van der Waals surface area contributed by atoms with Crippen molar-refractivity contribution in [1.82, 2.24) is 19.7 Å². The van der Waals surface area contributed by atoms with Gasteiger partial charge in [-0.2, -0.15) is 0 Å². The molecule has 2 aromatic heterocycles. The molecule has 5 nitrogen and oxygen atoms in total. The first-order chi connectivity index (χ1) is 13.9. The number of para-hydroxylation sites is 2. The predicted octanol–water partition coefficient (Wildman–Crippen LogP) is 5.88. The van der Waals surface area contributed by atoms with Crippen molar-refractivity contribution >= 4 is 22.8 Å². The van der Waals surface area contributed by atoms with Gasteiger partial charge < -0.3 is 8.98 Å². The highest BCUT2D eigenvalue weighted by molar-refractivity contribution is 7.98. The van der Waals surface area contributed by atoms with Gasteiger partial charge in [0, 0.05) is 11.6 Å². The summed E-state index contributed by atoms with van der Waals surface area (Å²) in [6.07, 6.45) is 6.39. The standard InChI is InChI=1S/C22H22N4OS/c1-3-9-16(10-4-1)21-25-24-20(27-21)15-28-22-23-18-13-7-8-14-19(18)26(22)17-11-5-2-6-12-17/h1,3-4,7-10,13-14,17H,2,5-6,11-12,15H2. The lowest BCUT2D eigenvalue weighted by atomic mass is 9.95. The summed E-state index contributed by atoms with van der Waals surface area (Å²) < 4.78 is 8.31. The first-order valence-corrected chi connectivity index (χ1v) is 10.8.